The van der Waals surface area contributed by atoms with Gasteiger partial charge in [0.25, 0.3) is 5.91 Å². The second-order valence-corrected chi connectivity index (χ2v) is 9.03. The average Bonchev–Trinajstić information content (AvgIpc) is 2.84. The molecule has 1 fully saturated rings. The Morgan fingerprint density at radius 1 is 1.06 bits per heavy atom. The maximum atomic E-state index is 14.7. The molecular formula is C27H28F3N3O2. The minimum atomic E-state index is -0.839. The number of hydrogen-bond acceptors (Lipinski definition) is 4. The van der Waals surface area contributed by atoms with E-state index >= 15 is 0 Å². The molecule has 184 valence electrons. The number of benzene rings is 1. The third kappa shape index (κ3) is 5.99. The molecule has 8 heteroatoms. The predicted octanol–water partition coefficient (Wildman–Crippen LogP) is 6.13. The lowest BCUT2D eigenvalue weighted by atomic mass is 9.82. The van der Waals surface area contributed by atoms with Gasteiger partial charge in [-0.2, -0.15) is 0 Å². The zero-order valence-corrected chi connectivity index (χ0v) is 19.7. The number of nitrogens with zero attached hydrogens (tertiary/aromatic N) is 2. The molecule has 2 aromatic heterocycles. The van der Waals surface area contributed by atoms with E-state index < -0.39 is 17.8 Å². The topological polar surface area (TPSA) is 64.1 Å². The van der Waals surface area contributed by atoms with E-state index in [1.54, 1.807) is 24.4 Å². The number of carbonyl (C=O) groups excluding carboxylic acids is 1. The number of rotatable bonds is 7. The first kappa shape index (κ1) is 24.7. The van der Waals surface area contributed by atoms with Crippen LogP contribution in [0.25, 0.3) is 11.1 Å². The Morgan fingerprint density at radius 3 is 2.51 bits per heavy atom. The summed E-state index contributed by atoms with van der Waals surface area (Å²) in [7, 11) is 0. The Kier molecular flexibility index (Phi) is 7.68. The zero-order valence-electron chi connectivity index (χ0n) is 19.7. The molecule has 0 bridgehead atoms. The van der Waals surface area contributed by atoms with Crippen molar-refractivity contribution in [3.8, 4) is 17.0 Å². The van der Waals surface area contributed by atoms with Crippen molar-refractivity contribution in [2.45, 2.75) is 64.3 Å². The molecule has 1 aromatic carbocycles. The fourth-order valence-corrected chi connectivity index (χ4v) is 4.43. The van der Waals surface area contributed by atoms with Crippen molar-refractivity contribution in [1.29, 1.82) is 0 Å². The normalized spacial score (nSPS) is 17.9. The summed E-state index contributed by atoms with van der Waals surface area (Å²) in [5, 5.41) is 2.86. The maximum absolute atomic E-state index is 14.7. The zero-order chi connectivity index (χ0) is 24.9. The average molecular weight is 484 g/mol. The summed E-state index contributed by atoms with van der Waals surface area (Å²) in [6, 6.07) is 8.12. The van der Waals surface area contributed by atoms with Crippen molar-refractivity contribution in [2.24, 2.45) is 0 Å². The van der Waals surface area contributed by atoms with E-state index in [9.17, 15) is 18.0 Å². The van der Waals surface area contributed by atoms with E-state index in [1.165, 1.54) is 6.20 Å². The molecule has 1 N–H and O–H groups in total. The van der Waals surface area contributed by atoms with Crippen LogP contribution in [0.2, 0.25) is 0 Å². The first-order valence-corrected chi connectivity index (χ1v) is 11.8. The summed E-state index contributed by atoms with van der Waals surface area (Å²) in [4.78, 5) is 21.5. The van der Waals surface area contributed by atoms with E-state index in [0.29, 0.717) is 53.9 Å². The fourth-order valence-electron chi connectivity index (χ4n) is 4.43. The molecule has 0 unspecified atom stereocenters. The van der Waals surface area contributed by atoms with Crippen LogP contribution in [0.15, 0.2) is 48.8 Å². The van der Waals surface area contributed by atoms with Crippen molar-refractivity contribution in [3.63, 3.8) is 0 Å². The molecule has 0 aliphatic heterocycles. The summed E-state index contributed by atoms with van der Waals surface area (Å²) in [6.07, 6.45) is 4.15. The summed E-state index contributed by atoms with van der Waals surface area (Å²) in [5.74, 6) is -1.13. The van der Waals surface area contributed by atoms with Crippen LogP contribution in [0.5, 0.6) is 5.88 Å². The van der Waals surface area contributed by atoms with E-state index in [2.05, 4.69) is 15.3 Å². The van der Waals surface area contributed by atoms with Crippen molar-refractivity contribution in [2.75, 3.05) is 0 Å². The molecule has 1 aliphatic carbocycles. The third-order valence-electron chi connectivity index (χ3n) is 6.13. The lowest BCUT2D eigenvalue weighted by Crippen LogP contribution is -2.25. The van der Waals surface area contributed by atoms with Crippen LogP contribution in [-0.4, -0.2) is 28.2 Å². The second-order valence-electron chi connectivity index (χ2n) is 9.03. The van der Waals surface area contributed by atoms with Crippen LogP contribution < -0.4 is 10.1 Å². The number of pyridine rings is 2. The van der Waals surface area contributed by atoms with Crippen molar-refractivity contribution in [3.05, 3.63) is 77.2 Å². The molecule has 1 saturated carbocycles. The lowest BCUT2D eigenvalue weighted by molar-refractivity contribution is 0.0950. The standard InChI is InChI=1S/C27H28F3N3O2/c1-16(2)35-25-10-5-18(14-32-25)27(34)33-15-23-21(22-13-20(29)8-9-24(22)30)11-12-31-26(23)17-3-6-19(28)7-4-17/h5,8-14,16-17,19H,3-4,6-7,15H2,1-2H3,(H,33,34). The van der Waals surface area contributed by atoms with Gasteiger partial charge in [-0.05, 0) is 75.4 Å². The van der Waals surface area contributed by atoms with Gasteiger partial charge in [-0.1, -0.05) is 0 Å². The predicted molar refractivity (Wildman–Crippen MR) is 127 cm³/mol. The van der Waals surface area contributed by atoms with E-state index in [-0.39, 0.29) is 30.0 Å². The van der Waals surface area contributed by atoms with Gasteiger partial charge in [-0.15, -0.1) is 0 Å². The molecule has 2 heterocycles. The lowest BCUT2D eigenvalue weighted by Gasteiger charge is -2.26. The maximum Gasteiger partial charge on any atom is 0.253 e. The number of alkyl halides is 1. The molecule has 1 amide bonds. The Morgan fingerprint density at radius 2 is 1.83 bits per heavy atom. The van der Waals surface area contributed by atoms with Gasteiger partial charge in [0.1, 0.15) is 17.8 Å². The van der Waals surface area contributed by atoms with Crippen LogP contribution in [0.4, 0.5) is 13.2 Å². The molecule has 0 radical (unpaired) electrons. The first-order chi connectivity index (χ1) is 16.8. The number of amides is 1. The van der Waals surface area contributed by atoms with Crippen molar-refractivity contribution in [1.82, 2.24) is 15.3 Å². The molecule has 3 aromatic rings. The van der Waals surface area contributed by atoms with Gasteiger partial charge >= 0.3 is 0 Å². The molecule has 35 heavy (non-hydrogen) atoms. The highest BCUT2D eigenvalue weighted by Gasteiger charge is 2.27. The summed E-state index contributed by atoms with van der Waals surface area (Å²) < 4.78 is 48.0. The van der Waals surface area contributed by atoms with Crippen LogP contribution in [0.1, 0.15) is 67.1 Å². The molecule has 1 aliphatic rings. The van der Waals surface area contributed by atoms with Crippen molar-refractivity contribution >= 4 is 5.91 Å². The SMILES string of the molecule is CC(C)Oc1ccc(C(=O)NCc2c(-c3cc(F)ccc3F)ccnc2C2CCC(F)CC2)cn1. The molecule has 0 saturated heterocycles. The highest BCUT2D eigenvalue weighted by atomic mass is 19.1. The van der Waals surface area contributed by atoms with Crippen LogP contribution >= 0.6 is 0 Å². The Bertz CT molecular complexity index is 1180. The van der Waals surface area contributed by atoms with Crippen molar-refractivity contribution < 1.29 is 22.7 Å². The summed E-state index contributed by atoms with van der Waals surface area (Å²) >= 11 is 0. The molecule has 4 rings (SSSR count). The Labute approximate surface area is 202 Å². The fraction of sp³-hybridized carbons (Fsp3) is 0.370. The Balaban J connectivity index is 1.63. The quantitative estimate of drug-likeness (QED) is 0.439. The highest BCUT2D eigenvalue weighted by Crippen LogP contribution is 2.38. The largest absolute Gasteiger partial charge is 0.475 e. The summed E-state index contributed by atoms with van der Waals surface area (Å²) in [5.41, 5.74) is 2.16. The highest BCUT2D eigenvalue weighted by molar-refractivity contribution is 5.94. The van der Waals surface area contributed by atoms with E-state index in [4.69, 9.17) is 4.74 Å². The second kappa shape index (κ2) is 10.9. The third-order valence-corrected chi connectivity index (χ3v) is 6.13. The minimum absolute atomic E-state index is 0.0281. The number of hydrogen-bond donors (Lipinski definition) is 1. The molecule has 0 atom stereocenters. The Hall–Kier alpha value is -3.42. The van der Waals surface area contributed by atoms with Crippen LogP contribution in [0, 0.1) is 11.6 Å². The van der Waals surface area contributed by atoms with Gasteiger partial charge < -0.3 is 10.1 Å². The summed E-state index contributed by atoms with van der Waals surface area (Å²) in [6.45, 7) is 3.81. The van der Waals surface area contributed by atoms with Crippen LogP contribution in [-0.2, 0) is 6.54 Å². The van der Waals surface area contributed by atoms with Gasteiger partial charge in [0.15, 0.2) is 0 Å². The number of carbonyl (C=O) groups is 1. The van der Waals surface area contributed by atoms with Gasteiger partial charge in [0.2, 0.25) is 5.88 Å². The number of aromatic nitrogens is 2. The first-order valence-electron chi connectivity index (χ1n) is 11.8. The minimum Gasteiger partial charge on any atom is -0.475 e. The molecule has 5 nitrogen and oxygen atoms in total. The van der Waals surface area contributed by atoms with E-state index in [1.807, 2.05) is 13.8 Å². The number of ether oxygens (including phenoxy) is 1. The van der Waals surface area contributed by atoms with Crippen LogP contribution in [0.3, 0.4) is 0 Å². The molecule has 0 spiro atoms. The monoisotopic (exact) mass is 483 g/mol. The van der Waals surface area contributed by atoms with Gasteiger partial charge in [-0.3, -0.25) is 9.78 Å². The van der Waals surface area contributed by atoms with Gasteiger partial charge in [0.05, 0.1) is 11.7 Å². The van der Waals surface area contributed by atoms with Gasteiger partial charge in [0, 0.05) is 47.7 Å². The van der Waals surface area contributed by atoms with E-state index in [0.717, 1.165) is 18.2 Å². The van der Waals surface area contributed by atoms with Gasteiger partial charge in [-0.25, -0.2) is 18.2 Å². The smallest absolute Gasteiger partial charge is 0.253 e. The molecular weight excluding hydrogens is 455 g/mol. The number of nitrogens with one attached hydrogen (secondary N) is 1. The number of halogens is 3.